The van der Waals surface area contributed by atoms with Gasteiger partial charge in [0.15, 0.2) is 0 Å². The summed E-state index contributed by atoms with van der Waals surface area (Å²) in [6.07, 6.45) is 2.36. The van der Waals surface area contributed by atoms with Crippen molar-refractivity contribution in [1.82, 2.24) is 29.9 Å². The highest BCUT2D eigenvalue weighted by atomic mass is 32.2. The van der Waals surface area contributed by atoms with Gasteiger partial charge in [-0.1, -0.05) is 54.6 Å². The standard InChI is InChI=1S/C32H28N12O9S3/c33-27-39-29(35-20-6-2-1-3-7-20)43-30(40-27)36-21-14-12-18(25(16-21)55(48,49)50)10-11-19-13-15-22(17-26(19)56(51,52)53)37-31-41-28(34)42-32(44-31)38-23-8-4-5-9-24(23)54(45,46)47/h1-17H,(H,45,46,47)(H,48,49,50)(H,51,52,53)(H4,33,35,36,39,40,43)(H4,34,37,38,41,42,44)/b11-10+. The van der Waals surface area contributed by atoms with Gasteiger partial charge >= 0.3 is 0 Å². The fourth-order valence-corrected chi connectivity index (χ4v) is 7.01. The van der Waals surface area contributed by atoms with Crippen molar-refractivity contribution in [3.63, 3.8) is 0 Å². The Balaban J connectivity index is 1.37. The molecule has 0 saturated carbocycles. The fourth-order valence-electron chi connectivity index (χ4n) is 4.97. The fraction of sp³-hybridized carbons (Fsp3) is 0. The van der Waals surface area contributed by atoms with Crippen LogP contribution in [0, 0.1) is 10.8 Å². The molecule has 0 unspecified atom stereocenters. The van der Waals surface area contributed by atoms with E-state index in [0.29, 0.717) is 5.69 Å². The van der Waals surface area contributed by atoms with Crippen molar-refractivity contribution in [2.75, 3.05) is 0 Å². The van der Waals surface area contributed by atoms with E-state index in [0.717, 1.165) is 18.2 Å². The van der Waals surface area contributed by atoms with Gasteiger partial charge in [0.1, 0.15) is 14.7 Å². The molecule has 6 rings (SSSR count). The average molecular weight is 821 g/mol. The Hall–Kier alpha value is -6.83. The summed E-state index contributed by atoms with van der Waals surface area (Å²) in [4.78, 5) is 31.0. The predicted molar refractivity (Wildman–Crippen MR) is 196 cm³/mol. The number of benzene rings is 4. The van der Waals surface area contributed by atoms with Crippen LogP contribution in [0.15, 0.2) is 126 Å². The third-order valence-electron chi connectivity index (χ3n) is 7.29. The normalized spacial score (nSPS) is 13.8. The molecule has 2 aromatic heterocycles. The van der Waals surface area contributed by atoms with Crippen molar-refractivity contribution in [2.24, 2.45) is 20.0 Å². The zero-order valence-electron chi connectivity index (χ0n) is 28.1. The Morgan fingerprint density at radius 3 is 1.29 bits per heavy atom. The maximum Gasteiger partial charge on any atom is 0.296 e. The lowest BCUT2D eigenvalue weighted by Crippen LogP contribution is -2.36. The SMILES string of the molecule is N=c1[nH]c(=Nc2ccccc2)[nH]c(=Nc2ccc(/C=C/c3ccc(N=c4[nH]c(=N)[nH]c(=Nc5ccccc5S(=O)(=O)O)[nH]4)cc3S(=O)(=O)O)c(S(=O)(=O)O)c2)[nH]1. The number of H-pyrrole nitrogens is 6. The van der Waals surface area contributed by atoms with Gasteiger partial charge in [-0.25, -0.2) is 20.0 Å². The Labute approximate surface area is 314 Å². The van der Waals surface area contributed by atoms with E-state index in [1.165, 1.54) is 54.6 Å². The Morgan fingerprint density at radius 2 is 0.839 bits per heavy atom. The van der Waals surface area contributed by atoms with Crippen LogP contribution in [0.5, 0.6) is 0 Å². The van der Waals surface area contributed by atoms with E-state index in [-0.39, 0.29) is 61.9 Å². The molecular formula is C32H28N12O9S3. The highest BCUT2D eigenvalue weighted by Gasteiger charge is 2.18. The minimum Gasteiger partial charge on any atom is -0.296 e. The second kappa shape index (κ2) is 15.5. The van der Waals surface area contributed by atoms with E-state index in [9.17, 15) is 38.9 Å². The monoisotopic (exact) mass is 820 g/mol. The van der Waals surface area contributed by atoms with Gasteiger partial charge < -0.3 is 0 Å². The quantitative estimate of drug-likeness (QED) is 0.0742. The second-order valence-electron chi connectivity index (χ2n) is 11.3. The van der Waals surface area contributed by atoms with E-state index in [4.69, 9.17) is 10.8 Å². The molecule has 0 bridgehead atoms. The van der Waals surface area contributed by atoms with Crippen LogP contribution in [0.3, 0.4) is 0 Å². The molecule has 0 radical (unpaired) electrons. The summed E-state index contributed by atoms with van der Waals surface area (Å²) >= 11 is 0. The molecule has 0 fully saturated rings. The van der Waals surface area contributed by atoms with Gasteiger partial charge in [0.05, 0.1) is 22.7 Å². The zero-order valence-corrected chi connectivity index (χ0v) is 30.6. The summed E-state index contributed by atoms with van der Waals surface area (Å²) < 4.78 is 103. The third kappa shape index (κ3) is 9.82. The second-order valence-corrected chi connectivity index (χ2v) is 15.5. The van der Waals surface area contributed by atoms with Gasteiger partial charge in [-0.3, -0.25) is 54.4 Å². The highest BCUT2D eigenvalue weighted by molar-refractivity contribution is 7.86. The largest absolute Gasteiger partial charge is 0.296 e. The molecule has 6 aromatic rings. The topological polar surface area (TPSA) is 355 Å². The number of para-hydroxylation sites is 2. The minimum atomic E-state index is -4.92. The number of nitrogens with one attached hydrogen (secondary N) is 8. The van der Waals surface area contributed by atoms with Crippen LogP contribution < -0.4 is 33.7 Å². The molecule has 0 aliphatic heterocycles. The summed E-state index contributed by atoms with van der Waals surface area (Å²) in [7, 11) is -14.4. The van der Waals surface area contributed by atoms with Crippen LogP contribution >= 0.6 is 0 Å². The smallest absolute Gasteiger partial charge is 0.296 e. The van der Waals surface area contributed by atoms with Crippen molar-refractivity contribution >= 4 is 65.3 Å². The lowest BCUT2D eigenvalue weighted by Gasteiger charge is -2.07. The van der Waals surface area contributed by atoms with Crippen LogP contribution in [0.1, 0.15) is 11.1 Å². The third-order valence-corrected chi connectivity index (χ3v) is 10.0. The Bertz CT molecular complexity index is 3290. The first-order valence-corrected chi connectivity index (χ1v) is 19.9. The zero-order chi connectivity index (χ0) is 40.3. The first kappa shape index (κ1) is 38.9. The van der Waals surface area contributed by atoms with Crippen molar-refractivity contribution < 1.29 is 38.9 Å². The Morgan fingerprint density at radius 1 is 0.446 bits per heavy atom. The summed E-state index contributed by atoms with van der Waals surface area (Å²) in [5, 5.41) is 16.1. The molecule has 11 N–H and O–H groups in total. The number of hydrogen-bond donors (Lipinski definition) is 11. The number of hydrogen-bond acceptors (Lipinski definition) is 12. The number of aromatic nitrogens is 6. The molecule has 56 heavy (non-hydrogen) atoms. The van der Waals surface area contributed by atoms with Gasteiger partial charge in [0.25, 0.3) is 30.4 Å². The van der Waals surface area contributed by atoms with Crippen LogP contribution in [0.25, 0.3) is 12.2 Å². The van der Waals surface area contributed by atoms with E-state index in [2.05, 4.69) is 49.9 Å². The molecule has 0 aliphatic carbocycles. The van der Waals surface area contributed by atoms with Crippen molar-refractivity contribution in [1.29, 1.82) is 10.8 Å². The van der Waals surface area contributed by atoms with Crippen LogP contribution in [0.2, 0.25) is 0 Å². The molecule has 24 heteroatoms. The number of nitrogens with zero attached hydrogens (tertiary/aromatic N) is 4. The predicted octanol–water partition coefficient (Wildman–Crippen LogP) is 1.45. The lowest BCUT2D eigenvalue weighted by atomic mass is 10.1. The molecule has 0 atom stereocenters. The molecule has 288 valence electrons. The molecule has 0 saturated heterocycles. The first-order valence-electron chi connectivity index (χ1n) is 15.6. The highest BCUT2D eigenvalue weighted by Crippen LogP contribution is 2.27. The average Bonchev–Trinajstić information content (AvgIpc) is 3.10. The van der Waals surface area contributed by atoms with Gasteiger partial charge in [-0.05, 0) is 59.7 Å². The van der Waals surface area contributed by atoms with E-state index >= 15 is 0 Å². The molecule has 0 spiro atoms. The van der Waals surface area contributed by atoms with Crippen molar-refractivity contribution in [3.8, 4) is 0 Å². The first-order chi connectivity index (χ1) is 26.4. The van der Waals surface area contributed by atoms with E-state index in [1.807, 2.05) is 6.07 Å². The van der Waals surface area contributed by atoms with Crippen LogP contribution in [-0.2, 0) is 30.4 Å². The summed E-state index contributed by atoms with van der Waals surface area (Å²) in [5.41, 5.74) is -0.580. The van der Waals surface area contributed by atoms with Gasteiger partial charge in [0, 0.05) is 0 Å². The molecule has 4 aromatic carbocycles. The molecule has 0 amide bonds. The van der Waals surface area contributed by atoms with Crippen LogP contribution in [-0.4, -0.2) is 68.8 Å². The molecule has 2 heterocycles. The lowest BCUT2D eigenvalue weighted by molar-refractivity contribution is 0.480. The Kier molecular flexibility index (Phi) is 10.8. The van der Waals surface area contributed by atoms with E-state index in [1.54, 1.807) is 24.3 Å². The maximum atomic E-state index is 12.5. The van der Waals surface area contributed by atoms with Gasteiger partial charge in [-0.2, -0.15) is 25.3 Å². The van der Waals surface area contributed by atoms with E-state index < -0.39 is 45.0 Å². The van der Waals surface area contributed by atoms with Crippen molar-refractivity contribution in [3.05, 3.63) is 136 Å². The van der Waals surface area contributed by atoms with Gasteiger partial charge in [-0.15, -0.1) is 0 Å². The number of rotatable bonds is 9. The molecular weight excluding hydrogens is 793 g/mol. The summed E-state index contributed by atoms with van der Waals surface area (Å²) in [6, 6.07) is 21.4. The summed E-state index contributed by atoms with van der Waals surface area (Å²) in [5.74, 6) is 0. The van der Waals surface area contributed by atoms with Crippen molar-refractivity contribution in [2.45, 2.75) is 14.7 Å². The summed E-state index contributed by atoms with van der Waals surface area (Å²) in [6.45, 7) is 0. The number of aromatic amines is 6. The van der Waals surface area contributed by atoms with Crippen LogP contribution in [0.4, 0.5) is 22.7 Å². The molecule has 21 nitrogen and oxygen atoms in total. The molecule has 0 aliphatic rings. The maximum absolute atomic E-state index is 12.5. The van der Waals surface area contributed by atoms with Gasteiger partial charge in [0.2, 0.25) is 33.7 Å². The minimum absolute atomic E-state index is 0.00666.